The fourth-order valence-corrected chi connectivity index (χ4v) is 4.06. The second-order valence-corrected chi connectivity index (χ2v) is 8.41. The minimum Gasteiger partial charge on any atom is -0.352 e. The van der Waals surface area contributed by atoms with E-state index in [0.29, 0.717) is 13.0 Å². The molecule has 5 nitrogen and oxygen atoms in total. The first-order valence-electron chi connectivity index (χ1n) is 8.80. The summed E-state index contributed by atoms with van der Waals surface area (Å²) >= 11 is 0. The summed E-state index contributed by atoms with van der Waals surface area (Å²) in [5.41, 5.74) is 0.784. The molecule has 0 unspecified atom stereocenters. The van der Waals surface area contributed by atoms with Crippen LogP contribution in [0.3, 0.4) is 0 Å². The van der Waals surface area contributed by atoms with Crippen LogP contribution in [0.25, 0.3) is 0 Å². The standard InChI is InChI=1S/C18H28N2O3S/c1-19-24(22,23)17-11-5-10-16(13-17)14-20-18(21)12-6-9-15-7-3-2-4-8-15/h5,10-11,13,15,19H,2-4,6-9,12,14H2,1H3,(H,20,21). The topological polar surface area (TPSA) is 75.3 Å². The van der Waals surface area contributed by atoms with E-state index in [1.807, 2.05) is 6.07 Å². The Hall–Kier alpha value is -1.40. The summed E-state index contributed by atoms with van der Waals surface area (Å²) in [6, 6.07) is 6.64. The molecular weight excluding hydrogens is 324 g/mol. The zero-order valence-electron chi connectivity index (χ0n) is 14.4. The SMILES string of the molecule is CNS(=O)(=O)c1cccc(CNC(=O)CCCC2CCCCC2)c1. The van der Waals surface area contributed by atoms with Crippen LogP contribution in [0.5, 0.6) is 0 Å². The zero-order chi connectivity index (χ0) is 17.4. The number of hydrogen-bond donors (Lipinski definition) is 2. The lowest BCUT2D eigenvalue weighted by Crippen LogP contribution is -2.23. The predicted molar refractivity (Wildman–Crippen MR) is 95.0 cm³/mol. The van der Waals surface area contributed by atoms with Crippen molar-refractivity contribution in [3.05, 3.63) is 29.8 Å². The number of hydrogen-bond acceptors (Lipinski definition) is 3. The largest absolute Gasteiger partial charge is 0.352 e. The Bertz CT molecular complexity index is 637. The third-order valence-corrected chi connectivity index (χ3v) is 6.12. The van der Waals surface area contributed by atoms with Gasteiger partial charge in [-0.15, -0.1) is 0 Å². The molecule has 0 radical (unpaired) electrons. The van der Waals surface area contributed by atoms with Crippen molar-refractivity contribution in [1.82, 2.24) is 10.0 Å². The third-order valence-electron chi connectivity index (χ3n) is 4.71. The van der Waals surface area contributed by atoms with E-state index in [0.717, 1.165) is 24.3 Å². The summed E-state index contributed by atoms with van der Waals surface area (Å²) in [6.45, 7) is 0.356. The fraction of sp³-hybridized carbons (Fsp3) is 0.611. The molecule has 1 aliphatic carbocycles. The molecular formula is C18H28N2O3S. The molecule has 0 heterocycles. The minimum absolute atomic E-state index is 0.0349. The van der Waals surface area contributed by atoms with Crippen molar-refractivity contribution in [2.24, 2.45) is 5.92 Å². The molecule has 0 spiro atoms. The molecule has 0 bridgehead atoms. The number of benzene rings is 1. The van der Waals surface area contributed by atoms with Crippen molar-refractivity contribution in [1.29, 1.82) is 0 Å². The Kier molecular flexibility index (Phi) is 7.24. The summed E-state index contributed by atoms with van der Waals surface area (Å²) in [7, 11) is -2.06. The number of sulfonamides is 1. The Labute approximate surface area is 145 Å². The summed E-state index contributed by atoms with van der Waals surface area (Å²) in [4.78, 5) is 12.2. The zero-order valence-corrected chi connectivity index (χ0v) is 15.2. The number of carbonyl (C=O) groups excluding carboxylic acids is 1. The van der Waals surface area contributed by atoms with Crippen molar-refractivity contribution < 1.29 is 13.2 Å². The molecule has 0 atom stereocenters. The quantitative estimate of drug-likeness (QED) is 0.755. The molecule has 1 aromatic carbocycles. The maximum absolute atomic E-state index is 12.0. The van der Waals surface area contributed by atoms with Crippen molar-refractivity contribution in [2.45, 2.75) is 62.8 Å². The van der Waals surface area contributed by atoms with Crippen molar-refractivity contribution >= 4 is 15.9 Å². The lowest BCUT2D eigenvalue weighted by Gasteiger charge is -2.21. The van der Waals surface area contributed by atoms with E-state index < -0.39 is 10.0 Å². The number of nitrogens with one attached hydrogen (secondary N) is 2. The van der Waals surface area contributed by atoms with Crippen LogP contribution in [0.1, 0.15) is 56.9 Å². The Morgan fingerprint density at radius 1 is 1.21 bits per heavy atom. The van der Waals surface area contributed by atoms with Gasteiger partial charge in [0.15, 0.2) is 0 Å². The second-order valence-electron chi connectivity index (χ2n) is 6.53. The van der Waals surface area contributed by atoms with Gasteiger partial charge in [0, 0.05) is 13.0 Å². The van der Waals surface area contributed by atoms with E-state index in [-0.39, 0.29) is 10.8 Å². The van der Waals surface area contributed by atoms with E-state index in [4.69, 9.17) is 0 Å². The second kappa shape index (κ2) is 9.18. The van der Waals surface area contributed by atoms with E-state index in [1.54, 1.807) is 18.2 Å². The molecule has 1 aliphatic rings. The van der Waals surface area contributed by atoms with E-state index >= 15 is 0 Å². The maximum Gasteiger partial charge on any atom is 0.240 e. The molecule has 1 aromatic rings. The van der Waals surface area contributed by atoms with Gasteiger partial charge >= 0.3 is 0 Å². The van der Waals surface area contributed by atoms with E-state index in [1.165, 1.54) is 39.2 Å². The van der Waals surface area contributed by atoms with Gasteiger partial charge in [0.25, 0.3) is 0 Å². The lowest BCUT2D eigenvalue weighted by molar-refractivity contribution is -0.121. The van der Waals surface area contributed by atoms with Crippen LogP contribution in [0, 0.1) is 5.92 Å². The van der Waals surface area contributed by atoms with Crippen LogP contribution in [0.2, 0.25) is 0 Å². The van der Waals surface area contributed by atoms with Gasteiger partial charge in [-0.2, -0.15) is 0 Å². The molecule has 2 N–H and O–H groups in total. The van der Waals surface area contributed by atoms with Crippen molar-refractivity contribution in [3.8, 4) is 0 Å². The fourth-order valence-electron chi connectivity index (χ4n) is 3.26. The van der Waals surface area contributed by atoms with Crippen LogP contribution in [0.15, 0.2) is 29.2 Å². The van der Waals surface area contributed by atoms with Gasteiger partial charge in [-0.05, 0) is 43.5 Å². The highest BCUT2D eigenvalue weighted by Gasteiger charge is 2.14. The number of carbonyl (C=O) groups is 1. The van der Waals surface area contributed by atoms with Gasteiger partial charge in [-0.25, -0.2) is 13.1 Å². The molecule has 0 aromatic heterocycles. The summed E-state index contributed by atoms with van der Waals surface area (Å²) in [5.74, 6) is 0.836. The average Bonchev–Trinajstić information content (AvgIpc) is 2.61. The number of rotatable bonds is 8. The van der Waals surface area contributed by atoms with Crippen LogP contribution < -0.4 is 10.0 Å². The highest BCUT2D eigenvalue weighted by Crippen LogP contribution is 2.27. The highest BCUT2D eigenvalue weighted by molar-refractivity contribution is 7.89. The first-order chi connectivity index (χ1) is 11.5. The summed E-state index contributed by atoms with van der Waals surface area (Å²) in [5, 5.41) is 2.88. The van der Waals surface area contributed by atoms with Crippen LogP contribution in [0.4, 0.5) is 0 Å². The first kappa shape index (κ1) is 18.9. The van der Waals surface area contributed by atoms with Gasteiger partial charge in [0.1, 0.15) is 0 Å². The first-order valence-corrected chi connectivity index (χ1v) is 10.3. The lowest BCUT2D eigenvalue weighted by atomic mass is 9.86. The van der Waals surface area contributed by atoms with Crippen molar-refractivity contribution in [2.75, 3.05) is 7.05 Å². The Balaban J connectivity index is 1.74. The Morgan fingerprint density at radius 2 is 1.96 bits per heavy atom. The molecule has 1 fully saturated rings. The number of amides is 1. The normalized spacial score (nSPS) is 16.0. The van der Waals surface area contributed by atoms with Crippen LogP contribution in [-0.4, -0.2) is 21.4 Å². The van der Waals surface area contributed by atoms with Gasteiger partial charge in [-0.1, -0.05) is 44.2 Å². The average molecular weight is 353 g/mol. The molecule has 0 aliphatic heterocycles. The third kappa shape index (κ3) is 5.91. The van der Waals surface area contributed by atoms with E-state index in [9.17, 15) is 13.2 Å². The molecule has 0 saturated heterocycles. The van der Waals surface area contributed by atoms with Crippen LogP contribution >= 0.6 is 0 Å². The molecule has 134 valence electrons. The maximum atomic E-state index is 12.0. The van der Waals surface area contributed by atoms with Crippen molar-refractivity contribution in [3.63, 3.8) is 0 Å². The molecule has 1 amide bonds. The highest BCUT2D eigenvalue weighted by atomic mass is 32.2. The summed E-state index contributed by atoms with van der Waals surface area (Å²) < 4.78 is 25.9. The minimum atomic E-state index is -3.45. The molecule has 6 heteroatoms. The van der Waals surface area contributed by atoms with E-state index in [2.05, 4.69) is 10.0 Å². The van der Waals surface area contributed by atoms with Gasteiger partial charge in [-0.3, -0.25) is 4.79 Å². The van der Waals surface area contributed by atoms with Crippen LogP contribution in [-0.2, 0) is 21.4 Å². The molecule has 1 saturated carbocycles. The monoisotopic (exact) mass is 352 g/mol. The molecule has 2 rings (SSSR count). The van der Waals surface area contributed by atoms with Gasteiger partial charge in [0.05, 0.1) is 4.90 Å². The van der Waals surface area contributed by atoms with Gasteiger partial charge in [0.2, 0.25) is 15.9 Å². The molecule has 24 heavy (non-hydrogen) atoms. The predicted octanol–water partition coefficient (Wildman–Crippen LogP) is 2.96. The van der Waals surface area contributed by atoms with Gasteiger partial charge < -0.3 is 5.32 Å². The smallest absolute Gasteiger partial charge is 0.240 e. The Morgan fingerprint density at radius 3 is 2.67 bits per heavy atom. The summed E-state index contributed by atoms with van der Waals surface area (Å²) in [6.07, 6.45) is 9.28.